The normalized spacial score (nSPS) is 14.4. The molecule has 1 atom stereocenters. The van der Waals surface area contributed by atoms with Gasteiger partial charge in [0, 0.05) is 10.9 Å². The van der Waals surface area contributed by atoms with Crippen LogP contribution in [0.5, 0.6) is 0 Å². The monoisotopic (exact) mass is 234 g/mol. The van der Waals surface area contributed by atoms with Crippen molar-refractivity contribution < 1.29 is 0 Å². The molecule has 0 aliphatic rings. The summed E-state index contributed by atoms with van der Waals surface area (Å²) in [5, 5.41) is 0.812. The third-order valence-corrected chi connectivity index (χ3v) is 2.99. The highest BCUT2D eigenvalue weighted by Gasteiger charge is 2.12. The van der Waals surface area contributed by atoms with E-state index in [0.29, 0.717) is 5.92 Å². The molecular formula is C15H19Cl. The Hall–Kier alpha value is -1.01. The van der Waals surface area contributed by atoms with Crippen LogP contribution in [0, 0.1) is 0 Å². The lowest BCUT2D eigenvalue weighted by Crippen LogP contribution is -1.99. The molecule has 0 saturated heterocycles. The van der Waals surface area contributed by atoms with Crippen molar-refractivity contribution in [2.75, 3.05) is 0 Å². The van der Waals surface area contributed by atoms with Gasteiger partial charge in [-0.05, 0) is 43.5 Å². The van der Waals surface area contributed by atoms with Gasteiger partial charge in [-0.15, -0.1) is 0 Å². The van der Waals surface area contributed by atoms with Crippen molar-refractivity contribution in [2.45, 2.75) is 33.1 Å². The zero-order valence-electron chi connectivity index (χ0n) is 10.2. The fourth-order valence-electron chi connectivity index (χ4n) is 1.99. The van der Waals surface area contributed by atoms with Crippen molar-refractivity contribution in [1.29, 1.82) is 0 Å². The van der Waals surface area contributed by atoms with Gasteiger partial charge in [-0.2, -0.15) is 0 Å². The second-order valence-corrected chi connectivity index (χ2v) is 4.24. The Bertz CT molecular complexity index is 388. The molecule has 1 aromatic rings. The molecule has 0 aliphatic heterocycles. The fourth-order valence-corrected chi connectivity index (χ4v) is 2.19. The number of allylic oxidation sites excluding steroid dienone is 4. The highest BCUT2D eigenvalue weighted by Crippen LogP contribution is 2.30. The Morgan fingerprint density at radius 3 is 2.62 bits per heavy atom. The second kappa shape index (κ2) is 6.55. The molecule has 0 bridgehead atoms. The Balaban J connectivity index is 3.06. The van der Waals surface area contributed by atoms with Crippen LogP contribution in [0.2, 0.25) is 5.02 Å². The van der Waals surface area contributed by atoms with Gasteiger partial charge in [-0.3, -0.25) is 0 Å². The summed E-state index contributed by atoms with van der Waals surface area (Å²) in [5.41, 5.74) is 2.65. The molecular weight excluding hydrogens is 216 g/mol. The molecule has 86 valence electrons. The van der Waals surface area contributed by atoms with Crippen LogP contribution in [-0.4, -0.2) is 0 Å². The first-order chi connectivity index (χ1) is 7.72. The van der Waals surface area contributed by atoms with E-state index in [0.717, 1.165) is 11.4 Å². The van der Waals surface area contributed by atoms with Gasteiger partial charge in [0.15, 0.2) is 0 Å². The van der Waals surface area contributed by atoms with Crippen molar-refractivity contribution in [3.05, 3.63) is 58.7 Å². The van der Waals surface area contributed by atoms with Gasteiger partial charge in [0.2, 0.25) is 0 Å². The van der Waals surface area contributed by atoms with E-state index >= 15 is 0 Å². The molecule has 0 aromatic heterocycles. The first kappa shape index (κ1) is 13.1. The minimum atomic E-state index is 0.444. The topological polar surface area (TPSA) is 0 Å². The third-order valence-electron chi connectivity index (χ3n) is 2.75. The van der Waals surface area contributed by atoms with E-state index in [1.165, 1.54) is 11.1 Å². The molecule has 1 rings (SSSR count). The van der Waals surface area contributed by atoms with E-state index in [4.69, 9.17) is 11.6 Å². The Kier molecular flexibility index (Phi) is 5.34. The summed E-state index contributed by atoms with van der Waals surface area (Å²) in [6.45, 7) is 6.34. The van der Waals surface area contributed by atoms with E-state index in [2.05, 4.69) is 44.2 Å². The SMILES string of the molecule is C/C=C\C(=C/C)[C@H](CC)c1cccc(Cl)c1. The molecule has 0 fully saturated rings. The zero-order valence-corrected chi connectivity index (χ0v) is 11.0. The van der Waals surface area contributed by atoms with Gasteiger partial charge >= 0.3 is 0 Å². The number of rotatable bonds is 4. The summed E-state index contributed by atoms with van der Waals surface area (Å²) in [6.07, 6.45) is 7.52. The van der Waals surface area contributed by atoms with Crippen molar-refractivity contribution in [3.8, 4) is 0 Å². The maximum atomic E-state index is 6.03. The predicted octanol–water partition coefficient (Wildman–Crippen LogP) is 5.36. The maximum Gasteiger partial charge on any atom is 0.0408 e. The number of hydrogen-bond donors (Lipinski definition) is 0. The van der Waals surface area contributed by atoms with Gasteiger partial charge in [0.05, 0.1) is 0 Å². The van der Waals surface area contributed by atoms with Crippen LogP contribution in [0.3, 0.4) is 0 Å². The minimum absolute atomic E-state index is 0.444. The van der Waals surface area contributed by atoms with Gasteiger partial charge in [-0.25, -0.2) is 0 Å². The van der Waals surface area contributed by atoms with Crippen LogP contribution in [0.1, 0.15) is 38.7 Å². The average Bonchev–Trinajstić information content (AvgIpc) is 2.29. The largest absolute Gasteiger partial charge is 0.0874 e. The molecule has 0 amide bonds. The second-order valence-electron chi connectivity index (χ2n) is 3.80. The van der Waals surface area contributed by atoms with E-state index in [1.807, 2.05) is 19.1 Å². The standard InChI is InChI=1S/C15H19Cl/c1-4-8-12(5-2)15(6-3)13-9-7-10-14(16)11-13/h4-5,7-11,15H,6H2,1-3H3/b8-4-,12-5+/t15-/m0/s1. The first-order valence-corrected chi connectivity index (χ1v) is 6.15. The molecule has 0 saturated carbocycles. The summed E-state index contributed by atoms with van der Waals surface area (Å²) in [5.74, 6) is 0.444. The third kappa shape index (κ3) is 3.24. The Morgan fingerprint density at radius 2 is 2.12 bits per heavy atom. The highest BCUT2D eigenvalue weighted by atomic mass is 35.5. The molecule has 0 unspecified atom stereocenters. The fraction of sp³-hybridized carbons (Fsp3) is 0.333. The molecule has 0 nitrogen and oxygen atoms in total. The summed E-state index contributed by atoms with van der Waals surface area (Å²) < 4.78 is 0. The van der Waals surface area contributed by atoms with E-state index < -0.39 is 0 Å². The van der Waals surface area contributed by atoms with Gasteiger partial charge in [0.1, 0.15) is 0 Å². The minimum Gasteiger partial charge on any atom is -0.0874 e. The quantitative estimate of drug-likeness (QED) is 0.616. The Labute approximate surface area is 104 Å². The van der Waals surface area contributed by atoms with Crippen LogP contribution in [0.15, 0.2) is 48.1 Å². The first-order valence-electron chi connectivity index (χ1n) is 5.77. The van der Waals surface area contributed by atoms with Crippen LogP contribution in [-0.2, 0) is 0 Å². The number of halogens is 1. The summed E-state index contributed by atoms with van der Waals surface area (Å²) in [4.78, 5) is 0. The molecule has 0 radical (unpaired) electrons. The Morgan fingerprint density at radius 1 is 1.38 bits per heavy atom. The molecule has 1 aromatic carbocycles. The molecule has 16 heavy (non-hydrogen) atoms. The van der Waals surface area contributed by atoms with Crippen molar-refractivity contribution in [1.82, 2.24) is 0 Å². The average molecular weight is 235 g/mol. The summed E-state index contributed by atoms with van der Waals surface area (Å²) in [6, 6.07) is 8.14. The van der Waals surface area contributed by atoms with Gasteiger partial charge in [-0.1, -0.05) is 48.9 Å². The van der Waals surface area contributed by atoms with Crippen LogP contribution >= 0.6 is 11.6 Å². The lowest BCUT2D eigenvalue weighted by atomic mass is 9.88. The van der Waals surface area contributed by atoms with Crippen molar-refractivity contribution in [2.24, 2.45) is 0 Å². The molecule has 1 heteroatoms. The van der Waals surface area contributed by atoms with Gasteiger partial charge < -0.3 is 0 Å². The lowest BCUT2D eigenvalue weighted by molar-refractivity contribution is 0.774. The van der Waals surface area contributed by atoms with E-state index in [9.17, 15) is 0 Å². The zero-order chi connectivity index (χ0) is 12.0. The van der Waals surface area contributed by atoms with Crippen LogP contribution < -0.4 is 0 Å². The summed E-state index contributed by atoms with van der Waals surface area (Å²) >= 11 is 6.03. The molecule has 0 heterocycles. The molecule has 0 spiro atoms. The number of hydrogen-bond acceptors (Lipinski definition) is 0. The van der Waals surface area contributed by atoms with Gasteiger partial charge in [0.25, 0.3) is 0 Å². The predicted molar refractivity (Wildman–Crippen MR) is 73.1 cm³/mol. The maximum absolute atomic E-state index is 6.03. The van der Waals surface area contributed by atoms with Crippen LogP contribution in [0.4, 0.5) is 0 Å². The highest BCUT2D eigenvalue weighted by molar-refractivity contribution is 6.30. The van der Waals surface area contributed by atoms with Crippen molar-refractivity contribution in [3.63, 3.8) is 0 Å². The van der Waals surface area contributed by atoms with Crippen LogP contribution in [0.25, 0.3) is 0 Å². The summed E-state index contributed by atoms with van der Waals surface area (Å²) in [7, 11) is 0. The molecule has 0 N–H and O–H groups in total. The van der Waals surface area contributed by atoms with Crippen molar-refractivity contribution >= 4 is 11.6 Å². The number of benzene rings is 1. The molecule has 0 aliphatic carbocycles. The van der Waals surface area contributed by atoms with E-state index in [-0.39, 0.29) is 0 Å². The van der Waals surface area contributed by atoms with E-state index in [1.54, 1.807) is 0 Å². The lowest BCUT2D eigenvalue weighted by Gasteiger charge is -2.17. The smallest absolute Gasteiger partial charge is 0.0408 e.